The Bertz CT molecular complexity index is 435. The molecule has 0 radical (unpaired) electrons. The van der Waals surface area contributed by atoms with E-state index in [-0.39, 0.29) is 23.0 Å². The fourth-order valence-corrected chi connectivity index (χ4v) is 3.94. The Hall–Kier alpha value is -0.740. The van der Waals surface area contributed by atoms with Crippen molar-refractivity contribution in [2.75, 3.05) is 7.05 Å². The molecule has 0 aromatic heterocycles. The molecule has 4 atom stereocenters. The first kappa shape index (κ1) is 11.7. The Balaban J connectivity index is 2.62. The second kappa shape index (κ2) is 4.26. The summed E-state index contributed by atoms with van der Waals surface area (Å²) in [5, 5.41) is 3.16. The standard InChI is InChI=1S/C12H16FNOS/c1-7-8(2)16(15)12-9(11(7)14-3)5-4-6-10(12)13/h4-8,11,14H,1-3H3. The number of fused-ring (bicyclic) bond motifs is 1. The van der Waals surface area contributed by atoms with Gasteiger partial charge in [-0.1, -0.05) is 26.0 Å². The summed E-state index contributed by atoms with van der Waals surface area (Å²) in [4.78, 5) is 0.382. The maximum absolute atomic E-state index is 13.7. The maximum Gasteiger partial charge on any atom is 0.139 e. The van der Waals surface area contributed by atoms with Crippen molar-refractivity contribution < 1.29 is 8.60 Å². The summed E-state index contributed by atoms with van der Waals surface area (Å²) >= 11 is 0. The van der Waals surface area contributed by atoms with Crippen LogP contribution in [0.3, 0.4) is 0 Å². The van der Waals surface area contributed by atoms with E-state index in [9.17, 15) is 8.60 Å². The van der Waals surface area contributed by atoms with Crippen molar-refractivity contribution in [1.29, 1.82) is 0 Å². The normalized spacial score (nSPS) is 33.5. The molecule has 4 unspecified atom stereocenters. The van der Waals surface area contributed by atoms with Crippen LogP contribution >= 0.6 is 0 Å². The highest BCUT2D eigenvalue weighted by molar-refractivity contribution is 7.85. The van der Waals surface area contributed by atoms with Crippen molar-refractivity contribution in [1.82, 2.24) is 5.32 Å². The van der Waals surface area contributed by atoms with E-state index in [0.717, 1.165) is 5.56 Å². The van der Waals surface area contributed by atoms with Gasteiger partial charge < -0.3 is 5.32 Å². The maximum atomic E-state index is 13.7. The summed E-state index contributed by atoms with van der Waals surface area (Å²) in [6.45, 7) is 3.97. The van der Waals surface area contributed by atoms with Crippen LogP contribution in [-0.4, -0.2) is 16.5 Å². The first-order chi connectivity index (χ1) is 7.57. The Morgan fingerprint density at radius 3 is 2.69 bits per heavy atom. The van der Waals surface area contributed by atoms with Gasteiger partial charge in [0, 0.05) is 11.3 Å². The predicted molar refractivity (Wildman–Crippen MR) is 63.2 cm³/mol. The van der Waals surface area contributed by atoms with Crippen LogP contribution in [0.4, 0.5) is 4.39 Å². The van der Waals surface area contributed by atoms with Crippen LogP contribution in [-0.2, 0) is 10.8 Å². The minimum absolute atomic E-state index is 0.0261. The van der Waals surface area contributed by atoms with E-state index in [1.165, 1.54) is 6.07 Å². The highest BCUT2D eigenvalue weighted by atomic mass is 32.2. The van der Waals surface area contributed by atoms with Crippen LogP contribution < -0.4 is 5.32 Å². The van der Waals surface area contributed by atoms with Gasteiger partial charge in [-0.15, -0.1) is 0 Å². The van der Waals surface area contributed by atoms with Gasteiger partial charge in [-0.25, -0.2) is 4.39 Å². The van der Waals surface area contributed by atoms with E-state index >= 15 is 0 Å². The minimum Gasteiger partial charge on any atom is -0.313 e. The fraction of sp³-hybridized carbons (Fsp3) is 0.500. The second-order valence-electron chi connectivity index (χ2n) is 4.29. The molecule has 2 rings (SSSR count). The molecule has 1 aliphatic heterocycles. The SMILES string of the molecule is CNC1c2cccc(F)c2S(=O)C(C)C1C. The molecular formula is C12H16FNOS. The fourth-order valence-electron chi connectivity index (χ4n) is 2.34. The molecule has 0 aliphatic carbocycles. The van der Waals surface area contributed by atoms with Gasteiger partial charge in [0.05, 0.1) is 15.7 Å². The molecule has 1 N–H and O–H groups in total. The van der Waals surface area contributed by atoms with Gasteiger partial charge in [0.2, 0.25) is 0 Å². The number of hydrogen-bond acceptors (Lipinski definition) is 2. The van der Waals surface area contributed by atoms with Gasteiger partial charge in [0.1, 0.15) is 5.82 Å². The summed E-state index contributed by atoms with van der Waals surface area (Å²) in [6, 6.07) is 5.00. The van der Waals surface area contributed by atoms with Crippen molar-refractivity contribution in [3.63, 3.8) is 0 Å². The van der Waals surface area contributed by atoms with E-state index in [1.54, 1.807) is 6.07 Å². The molecule has 0 amide bonds. The highest BCUT2D eigenvalue weighted by Gasteiger charge is 2.37. The molecular weight excluding hydrogens is 225 g/mol. The summed E-state index contributed by atoms with van der Waals surface area (Å²) in [6.07, 6.45) is 0. The summed E-state index contributed by atoms with van der Waals surface area (Å²) in [5.41, 5.74) is 0.839. The number of nitrogens with one attached hydrogen (secondary N) is 1. The monoisotopic (exact) mass is 241 g/mol. The van der Waals surface area contributed by atoms with Gasteiger partial charge in [0.25, 0.3) is 0 Å². The van der Waals surface area contributed by atoms with Crippen LogP contribution in [0.2, 0.25) is 0 Å². The molecule has 0 bridgehead atoms. The van der Waals surface area contributed by atoms with Crippen molar-refractivity contribution in [3.8, 4) is 0 Å². The topological polar surface area (TPSA) is 29.1 Å². The largest absolute Gasteiger partial charge is 0.313 e. The average Bonchev–Trinajstić information content (AvgIpc) is 2.27. The predicted octanol–water partition coefficient (Wildman–Crippen LogP) is 2.23. The molecule has 2 nitrogen and oxygen atoms in total. The van der Waals surface area contributed by atoms with E-state index < -0.39 is 10.8 Å². The minimum atomic E-state index is -1.24. The molecule has 0 spiro atoms. The number of rotatable bonds is 1. The Morgan fingerprint density at radius 2 is 2.06 bits per heavy atom. The molecule has 0 fully saturated rings. The average molecular weight is 241 g/mol. The molecule has 4 heteroatoms. The third kappa shape index (κ3) is 1.60. The zero-order chi connectivity index (χ0) is 11.9. The number of halogens is 1. The summed E-state index contributed by atoms with van der Waals surface area (Å²) < 4.78 is 25.9. The molecule has 0 saturated carbocycles. The van der Waals surface area contributed by atoms with Gasteiger partial charge in [-0.05, 0) is 24.6 Å². The lowest BCUT2D eigenvalue weighted by Gasteiger charge is -2.35. The highest BCUT2D eigenvalue weighted by Crippen LogP contribution is 2.38. The van der Waals surface area contributed by atoms with Crippen molar-refractivity contribution >= 4 is 10.8 Å². The molecule has 16 heavy (non-hydrogen) atoms. The number of benzene rings is 1. The third-order valence-corrected chi connectivity index (χ3v) is 5.39. The van der Waals surface area contributed by atoms with Crippen LogP contribution in [0.1, 0.15) is 25.5 Å². The van der Waals surface area contributed by atoms with Crippen LogP contribution in [0.25, 0.3) is 0 Å². The lowest BCUT2D eigenvalue weighted by Crippen LogP contribution is -2.38. The molecule has 0 saturated heterocycles. The zero-order valence-electron chi connectivity index (χ0n) is 9.66. The van der Waals surface area contributed by atoms with Gasteiger partial charge >= 0.3 is 0 Å². The first-order valence-corrected chi connectivity index (χ1v) is 6.65. The van der Waals surface area contributed by atoms with Gasteiger partial charge in [-0.2, -0.15) is 0 Å². The van der Waals surface area contributed by atoms with E-state index in [2.05, 4.69) is 12.2 Å². The lowest BCUT2D eigenvalue weighted by atomic mass is 9.91. The van der Waals surface area contributed by atoms with E-state index in [0.29, 0.717) is 4.90 Å². The number of hydrogen-bond donors (Lipinski definition) is 1. The molecule has 88 valence electrons. The van der Waals surface area contributed by atoms with E-state index in [4.69, 9.17) is 0 Å². The van der Waals surface area contributed by atoms with Crippen LogP contribution in [0.5, 0.6) is 0 Å². The second-order valence-corrected chi connectivity index (χ2v) is 6.03. The lowest BCUT2D eigenvalue weighted by molar-refractivity contribution is 0.383. The summed E-state index contributed by atoms with van der Waals surface area (Å²) in [5.74, 6) is -0.116. The Morgan fingerprint density at radius 1 is 1.38 bits per heavy atom. The first-order valence-electron chi connectivity index (χ1n) is 5.44. The Kier molecular flexibility index (Phi) is 3.13. The van der Waals surface area contributed by atoms with E-state index in [1.807, 2.05) is 20.0 Å². The zero-order valence-corrected chi connectivity index (χ0v) is 10.5. The summed E-state index contributed by atoms with van der Waals surface area (Å²) in [7, 11) is 0.619. The third-order valence-electron chi connectivity index (χ3n) is 3.45. The molecule has 1 aromatic rings. The molecule has 1 aromatic carbocycles. The van der Waals surface area contributed by atoms with Gasteiger partial charge in [0.15, 0.2) is 0 Å². The van der Waals surface area contributed by atoms with Crippen LogP contribution in [0, 0.1) is 11.7 Å². The molecule has 1 aliphatic rings. The van der Waals surface area contributed by atoms with Gasteiger partial charge in [-0.3, -0.25) is 4.21 Å². The van der Waals surface area contributed by atoms with Crippen LogP contribution in [0.15, 0.2) is 23.1 Å². The Labute approximate surface area is 97.7 Å². The quantitative estimate of drug-likeness (QED) is 0.817. The van der Waals surface area contributed by atoms with Crippen molar-refractivity contribution in [3.05, 3.63) is 29.6 Å². The van der Waals surface area contributed by atoms with Crippen molar-refractivity contribution in [2.45, 2.75) is 30.0 Å². The smallest absolute Gasteiger partial charge is 0.139 e. The van der Waals surface area contributed by atoms with Crippen molar-refractivity contribution in [2.24, 2.45) is 5.92 Å². The molecule has 1 heterocycles.